The predicted octanol–water partition coefficient (Wildman–Crippen LogP) is 2.23. The lowest BCUT2D eigenvalue weighted by molar-refractivity contribution is -0.156. The van der Waals surface area contributed by atoms with E-state index in [1.165, 1.54) is 12.3 Å². The number of Topliss-reactive ketones (excluding diaryl/α,β-unsaturated/α-hetero) is 1. The number of aliphatic hydroxyl groups is 1. The minimum Gasteiger partial charge on any atom is -0.489 e. The minimum atomic E-state index is -1.83. The van der Waals surface area contributed by atoms with Gasteiger partial charge in [-0.1, -0.05) is 30.3 Å². The molecule has 1 aliphatic heterocycles. The topological polar surface area (TPSA) is 82.1 Å². The Labute approximate surface area is 140 Å². The lowest BCUT2D eigenvalue weighted by Gasteiger charge is -2.26. The highest BCUT2D eigenvalue weighted by Gasteiger charge is 2.32. The van der Waals surface area contributed by atoms with Gasteiger partial charge in [0.05, 0.1) is 19.3 Å². The van der Waals surface area contributed by atoms with E-state index >= 15 is 0 Å². The molecule has 6 nitrogen and oxygen atoms in total. The van der Waals surface area contributed by atoms with E-state index in [1.54, 1.807) is 13.0 Å². The lowest BCUT2D eigenvalue weighted by atomic mass is 10.1. The Morgan fingerprint density at radius 1 is 1.25 bits per heavy atom. The third-order valence-electron chi connectivity index (χ3n) is 3.22. The van der Waals surface area contributed by atoms with Gasteiger partial charge in [0.1, 0.15) is 18.8 Å². The molecule has 0 aromatic heterocycles. The maximum atomic E-state index is 11.9. The minimum absolute atomic E-state index is 0.201. The predicted molar refractivity (Wildman–Crippen MR) is 85.4 cm³/mol. The van der Waals surface area contributed by atoms with Crippen LogP contribution in [0.1, 0.15) is 25.3 Å². The molecule has 1 aromatic carbocycles. The molecule has 1 N–H and O–H groups in total. The average molecular weight is 332 g/mol. The number of carbonyl (C=O) groups excluding carboxylic acids is 2. The summed E-state index contributed by atoms with van der Waals surface area (Å²) >= 11 is 0. The Morgan fingerprint density at radius 3 is 2.71 bits per heavy atom. The van der Waals surface area contributed by atoms with Crippen molar-refractivity contribution in [3.05, 3.63) is 60.1 Å². The molecular weight excluding hydrogens is 312 g/mol. The number of allylic oxidation sites excluding steroid dienone is 1. The molecule has 2 rings (SSSR count). The Hall–Kier alpha value is -2.60. The third-order valence-corrected chi connectivity index (χ3v) is 3.22. The molecule has 6 heteroatoms. The SMILES string of the molecule is CCOC(=O)CC(=O)CC1(O)C=C(OCc2ccccc2)C=CO1. The fraction of sp³-hybridized carbons (Fsp3) is 0.333. The van der Waals surface area contributed by atoms with Crippen LogP contribution in [0, 0.1) is 0 Å². The van der Waals surface area contributed by atoms with Gasteiger partial charge in [0, 0.05) is 12.2 Å². The Balaban J connectivity index is 1.92. The quantitative estimate of drug-likeness (QED) is 0.581. The van der Waals surface area contributed by atoms with Gasteiger partial charge >= 0.3 is 5.97 Å². The molecule has 0 aliphatic carbocycles. The van der Waals surface area contributed by atoms with Crippen molar-refractivity contribution in [2.45, 2.75) is 32.2 Å². The number of ether oxygens (including phenoxy) is 3. The van der Waals surface area contributed by atoms with Gasteiger partial charge in [0.2, 0.25) is 5.79 Å². The zero-order valence-corrected chi connectivity index (χ0v) is 13.4. The summed E-state index contributed by atoms with van der Waals surface area (Å²) in [6.45, 7) is 2.18. The summed E-state index contributed by atoms with van der Waals surface area (Å²) in [6.07, 6.45) is 3.36. The lowest BCUT2D eigenvalue weighted by Crippen LogP contribution is -2.34. The highest BCUT2D eigenvalue weighted by Crippen LogP contribution is 2.24. The number of benzene rings is 1. The normalized spacial score (nSPS) is 19.2. The van der Waals surface area contributed by atoms with Crippen molar-refractivity contribution >= 4 is 11.8 Å². The summed E-state index contributed by atoms with van der Waals surface area (Å²) < 4.78 is 15.4. The van der Waals surface area contributed by atoms with Gasteiger partial charge in [-0.05, 0) is 12.5 Å². The summed E-state index contributed by atoms with van der Waals surface area (Å²) in [4.78, 5) is 23.2. The van der Waals surface area contributed by atoms with Gasteiger partial charge in [-0.15, -0.1) is 0 Å². The maximum absolute atomic E-state index is 11.9. The van der Waals surface area contributed by atoms with Crippen LogP contribution in [0.2, 0.25) is 0 Å². The number of rotatable bonds is 8. The maximum Gasteiger partial charge on any atom is 0.313 e. The molecular formula is C18H20O6. The molecule has 0 saturated heterocycles. The van der Waals surface area contributed by atoms with Gasteiger partial charge in [0.15, 0.2) is 5.78 Å². The summed E-state index contributed by atoms with van der Waals surface area (Å²) in [5.41, 5.74) is 0.972. The van der Waals surface area contributed by atoms with Crippen LogP contribution < -0.4 is 0 Å². The van der Waals surface area contributed by atoms with E-state index < -0.39 is 24.0 Å². The highest BCUT2D eigenvalue weighted by molar-refractivity contribution is 5.96. The van der Waals surface area contributed by atoms with Crippen molar-refractivity contribution in [2.24, 2.45) is 0 Å². The van der Waals surface area contributed by atoms with E-state index in [1.807, 2.05) is 30.3 Å². The molecule has 1 aliphatic rings. The summed E-state index contributed by atoms with van der Waals surface area (Å²) in [5, 5.41) is 10.3. The summed E-state index contributed by atoms with van der Waals surface area (Å²) in [6, 6.07) is 9.54. The molecule has 1 unspecified atom stereocenters. The largest absolute Gasteiger partial charge is 0.489 e. The van der Waals surface area contributed by atoms with E-state index in [0.717, 1.165) is 5.56 Å². The fourth-order valence-electron chi connectivity index (χ4n) is 2.16. The van der Waals surface area contributed by atoms with Crippen LogP contribution in [0.3, 0.4) is 0 Å². The van der Waals surface area contributed by atoms with Gasteiger partial charge in [0.25, 0.3) is 0 Å². The molecule has 0 amide bonds. The second-order valence-corrected chi connectivity index (χ2v) is 5.28. The Morgan fingerprint density at radius 2 is 2.00 bits per heavy atom. The molecule has 0 bridgehead atoms. The molecule has 1 aromatic rings. The zero-order valence-electron chi connectivity index (χ0n) is 13.4. The standard InChI is InChI=1S/C18H20O6/c1-2-22-17(20)10-15(19)11-18(21)12-16(8-9-24-18)23-13-14-6-4-3-5-7-14/h3-9,12,21H,2,10-11,13H2,1H3. The first-order valence-corrected chi connectivity index (χ1v) is 7.64. The number of ketones is 1. The second-order valence-electron chi connectivity index (χ2n) is 5.28. The first kappa shape index (κ1) is 17.7. The summed E-state index contributed by atoms with van der Waals surface area (Å²) in [5.74, 6) is -2.55. The average Bonchev–Trinajstić information content (AvgIpc) is 2.53. The van der Waals surface area contributed by atoms with E-state index in [-0.39, 0.29) is 13.0 Å². The van der Waals surface area contributed by atoms with Gasteiger partial charge < -0.3 is 19.3 Å². The molecule has 0 saturated carbocycles. The molecule has 128 valence electrons. The number of hydrogen-bond acceptors (Lipinski definition) is 6. The van der Waals surface area contributed by atoms with Crippen LogP contribution in [-0.4, -0.2) is 29.3 Å². The molecule has 0 radical (unpaired) electrons. The molecule has 0 spiro atoms. The van der Waals surface area contributed by atoms with Crippen molar-refractivity contribution in [1.82, 2.24) is 0 Å². The molecule has 1 heterocycles. The van der Waals surface area contributed by atoms with Crippen molar-refractivity contribution in [1.29, 1.82) is 0 Å². The van der Waals surface area contributed by atoms with Crippen molar-refractivity contribution in [3.63, 3.8) is 0 Å². The van der Waals surface area contributed by atoms with Crippen LogP contribution >= 0.6 is 0 Å². The van der Waals surface area contributed by atoms with Crippen molar-refractivity contribution in [2.75, 3.05) is 6.61 Å². The molecule has 0 fully saturated rings. The van der Waals surface area contributed by atoms with Crippen molar-refractivity contribution < 1.29 is 28.9 Å². The van der Waals surface area contributed by atoms with Crippen molar-refractivity contribution in [3.8, 4) is 0 Å². The van der Waals surface area contributed by atoms with Crippen LogP contribution in [0.4, 0.5) is 0 Å². The van der Waals surface area contributed by atoms with E-state index in [2.05, 4.69) is 0 Å². The Kier molecular flexibility index (Phi) is 6.14. The van der Waals surface area contributed by atoms with Gasteiger partial charge in [-0.3, -0.25) is 9.59 Å². The van der Waals surface area contributed by atoms with E-state index in [0.29, 0.717) is 12.4 Å². The zero-order chi connectivity index (χ0) is 17.4. The van der Waals surface area contributed by atoms with E-state index in [4.69, 9.17) is 14.2 Å². The monoisotopic (exact) mass is 332 g/mol. The van der Waals surface area contributed by atoms with E-state index in [9.17, 15) is 14.7 Å². The number of hydrogen-bond donors (Lipinski definition) is 1. The first-order chi connectivity index (χ1) is 11.5. The van der Waals surface area contributed by atoms with Crippen LogP contribution in [-0.2, 0) is 30.4 Å². The van der Waals surface area contributed by atoms with Gasteiger partial charge in [-0.25, -0.2) is 0 Å². The molecule has 24 heavy (non-hydrogen) atoms. The Bertz CT molecular complexity index is 634. The fourth-order valence-corrected chi connectivity index (χ4v) is 2.16. The third kappa shape index (κ3) is 5.55. The smallest absolute Gasteiger partial charge is 0.313 e. The van der Waals surface area contributed by atoms with Crippen LogP contribution in [0.25, 0.3) is 0 Å². The van der Waals surface area contributed by atoms with Crippen LogP contribution in [0.15, 0.2) is 54.5 Å². The number of carbonyl (C=O) groups is 2. The number of esters is 1. The molecule has 1 atom stereocenters. The summed E-state index contributed by atoms with van der Waals surface area (Å²) in [7, 11) is 0. The highest BCUT2D eigenvalue weighted by atomic mass is 16.6. The second kappa shape index (κ2) is 8.31. The van der Waals surface area contributed by atoms with Gasteiger partial charge in [-0.2, -0.15) is 0 Å². The first-order valence-electron chi connectivity index (χ1n) is 7.64. The van der Waals surface area contributed by atoms with Crippen LogP contribution in [0.5, 0.6) is 0 Å².